The van der Waals surface area contributed by atoms with Gasteiger partial charge in [-0.1, -0.05) is 0 Å². The number of ether oxygens (including phenoxy) is 1. The second-order valence-electron chi connectivity index (χ2n) is 3.26. The Kier molecular flexibility index (Phi) is 2.66. The molecule has 84 valence electrons. The Bertz CT molecular complexity index is 330. The molecular formula is C8H10F3N3O. The molecule has 1 aliphatic heterocycles. The summed E-state index contributed by atoms with van der Waals surface area (Å²) < 4.78 is 42.7. The van der Waals surface area contributed by atoms with Crippen molar-refractivity contribution < 1.29 is 17.9 Å². The topological polar surface area (TPSA) is 49.9 Å². The number of aromatic amines is 1. The van der Waals surface area contributed by atoms with Crippen LogP contribution < -0.4 is 5.32 Å². The molecule has 7 heteroatoms. The number of aromatic nitrogens is 2. The van der Waals surface area contributed by atoms with Gasteiger partial charge in [0, 0.05) is 18.7 Å². The molecule has 0 spiro atoms. The van der Waals surface area contributed by atoms with E-state index >= 15 is 0 Å². The zero-order valence-electron chi connectivity index (χ0n) is 7.77. The van der Waals surface area contributed by atoms with Crippen molar-refractivity contribution in [3.63, 3.8) is 0 Å². The number of alkyl halides is 3. The molecule has 0 amide bonds. The van der Waals surface area contributed by atoms with Crippen molar-refractivity contribution in [2.24, 2.45) is 0 Å². The lowest BCUT2D eigenvalue weighted by molar-refractivity contribution is -0.143. The van der Waals surface area contributed by atoms with Crippen molar-refractivity contribution in [1.29, 1.82) is 0 Å². The number of halogens is 3. The number of nitrogens with one attached hydrogen (secondary N) is 2. The molecule has 0 saturated carbocycles. The van der Waals surface area contributed by atoms with Crippen molar-refractivity contribution in [3.05, 3.63) is 17.5 Å². The predicted octanol–water partition coefficient (Wildman–Crippen LogP) is 1.09. The van der Waals surface area contributed by atoms with Crippen LogP contribution in [0.3, 0.4) is 0 Å². The molecule has 0 radical (unpaired) electrons. The van der Waals surface area contributed by atoms with Gasteiger partial charge in [-0.25, -0.2) is 0 Å². The molecule has 0 bridgehead atoms. The van der Waals surface area contributed by atoms with Crippen LogP contribution in [0.5, 0.6) is 0 Å². The Hall–Kier alpha value is -1.08. The van der Waals surface area contributed by atoms with Crippen molar-refractivity contribution in [1.82, 2.24) is 15.5 Å². The molecule has 1 aromatic rings. The number of morpholine rings is 1. The van der Waals surface area contributed by atoms with Gasteiger partial charge in [-0.3, -0.25) is 5.10 Å². The van der Waals surface area contributed by atoms with E-state index in [-0.39, 0.29) is 5.56 Å². The molecule has 1 aliphatic rings. The summed E-state index contributed by atoms with van der Waals surface area (Å²) >= 11 is 0. The lowest BCUT2D eigenvalue weighted by atomic mass is 10.1. The van der Waals surface area contributed by atoms with Crippen LogP contribution in [-0.2, 0) is 10.9 Å². The van der Waals surface area contributed by atoms with E-state index in [1.165, 1.54) is 6.20 Å². The van der Waals surface area contributed by atoms with E-state index in [0.29, 0.717) is 19.7 Å². The summed E-state index contributed by atoms with van der Waals surface area (Å²) in [5, 5.41) is 8.34. The minimum absolute atomic E-state index is 0.0645. The Morgan fingerprint density at radius 1 is 1.47 bits per heavy atom. The first-order valence-electron chi connectivity index (χ1n) is 4.52. The quantitative estimate of drug-likeness (QED) is 0.746. The third-order valence-corrected chi connectivity index (χ3v) is 2.23. The van der Waals surface area contributed by atoms with Crippen LogP contribution in [-0.4, -0.2) is 29.9 Å². The van der Waals surface area contributed by atoms with Gasteiger partial charge >= 0.3 is 6.18 Å². The van der Waals surface area contributed by atoms with Gasteiger partial charge in [0.25, 0.3) is 0 Å². The Labute approximate surface area is 83.8 Å². The van der Waals surface area contributed by atoms with Gasteiger partial charge in [0.05, 0.1) is 18.9 Å². The highest BCUT2D eigenvalue weighted by Gasteiger charge is 2.38. The van der Waals surface area contributed by atoms with E-state index in [1.807, 2.05) is 5.10 Å². The summed E-state index contributed by atoms with van der Waals surface area (Å²) in [5.74, 6) is 0. The number of H-pyrrole nitrogens is 1. The summed E-state index contributed by atoms with van der Waals surface area (Å²) in [6.07, 6.45) is -3.82. The van der Waals surface area contributed by atoms with Crippen molar-refractivity contribution in [2.75, 3.05) is 19.7 Å². The molecule has 1 aromatic heterocycles. The fourth-order valence-corrected chi connectivity index (χ4v) is 1.53. The Balaban J connectivity index is 2.24. The van der Waals surface area contributed by atoms with Gasteiger partial charge in [0.2, 0.25) is 0 Å². The van der Waals surface area contributed by atoms with E-state index in [2.05, 4.69) is 10.4 Å². The van der Waals surface area contributed by atoms with Crippen molar-refractivity contribution >= 4 is 0 Å². The van der Waals surface area contributed by atoms with Crippen LogP contribution in [0.25, 0.3) is 0 Å². The summed E-state index contributed by atoms with van der Waals surface area (Å²) in [6.45, 7) is 1.45. The number of nitrogens with zero attached hydrogens (tertiary/aromatic N) is 1. The van der Waals surface area contributed by atoms with Crippen LogP contribution in [0.2, 0.25) is 0 Å². The summed E-state index contributed by atoms with van der Waals surface area (Å²) in [6, 6.07) is 0. The van der Waals surface area contributed by atoms with Gasteiger partial charge in [0.15, 0.2) is 0 Å². The first-order chi connectivity index (χ1) is 7.09. The summed E-state index contributed by atoms with van der Waals surface area (Å²) in [4.78, 5) is 0. The lowest BCUT2D eigenvalue weighted by Crippen LogP contribution is -2.34. The molecular weight excluding hydrogens is 211 g/mol. The predicted molar refractivity (Wildman–Crippen MR) is 45.2 cm³/mol. The monoisotopic (exact) mass is 221 g/mol. The first-order valence-corrected chi connectivity index (χ1v) is 4.52. The first kappa shape index (κ1) is 10.4. The van der Waals surface area contributed by atoms with Crippen molar-refractivity contribution in [2.45, 2.75) is 12.3 Å². The Morgan fingerprint density at radius 2 is 2.27 bits per heavy atom. The van der Waals surface area contributed by atoms with E-state index in [1.54, 1.807) is 0 Å². The van der Waals surface area contributed by atoms with Crippen molar-refractivity contribution in [3.8, 4) is 0 Å². The third kappa shape index (κ3) is 2.13. The maximum absolute atomic E-state index is 12.5. The van der Waals surface area contributed by atoms with Crippen LogP contribution in [0.15, 0.2) is 6.20 Å². The zero-order chi connectivity index (χ0) is 10.9. The number of rotatable bonds is 1. The third-order valence-electron chi connectivity index (χ3n) is 2.23. The minimum atomic E-state index is -4.41. The zero-order valence-corrected chi connectivity index (χ0v) is 7.77. The van der Waals surface area contributed by atoms with Crippen LogP contribution >= 0.6 is 0 Å². The molecule has 15 heavy (non-hydrogen) atoms. The van der Waals surface area contributed by atoms with Gasteiger partial charge in [-0.05, 0) is 0 Å². The smallest absolute Gasteiger partial charge is 0.371 e. The van der Waals surface area contributed by atoms with E-state index in [9.17, 15) is 13.2 Å². The van der Waals surface area contributed by atoms with Gasteiger partial charge in [0.1, 0.15) is 5.69 Å². The maximum Gasteiger partial charge on any atom is 0.433 e. The Morgan fingerprint density at radius 3 is 2.87 bits per heavy atom. The average molecular weight is 221 g/mol. The molecule has 1 unspecified atom stereocenters. The summed E-state index contributed by atoms with van der Waals surface area (Å²) in [5.41, 5.74) is -0.758. The fourth-order valence-electron chi connectivity index (χ4n) is 1.53. The second kappa shape index (κ2) is 3.82. The second-order valence-corrected chi connectivity index (χ2v) is 3.26. The summed E-state index contributed by atoms with van der Waals surface area (Å²) in [7, 11) is 0. The highest BCUT2D eigenvalue weighted by atomic mass is 19.4. The molecule has 2 N–H and O–H groups in total. The molecule has 2 heterocycles. The van der Waals surface area contributed by atoms with E-state index in [4.69, 9.17) is 4.74 Å². The number of hydrogen-bond acceptors (Lipinski definition) is 3. The SMILES string of the molecule is FC(F)(F)c1[nH]ncc1C1CNCCO1. The van der Waals surface area contributed by atoms with Crippen LogP contribution in [0.1, 0.15) is 17.4 Å². The minimum Gasteiger partial charge on any atom is -0.371 e. The molecule has 1 atom stereocenters. The molecule has 1 saturated heterocycles. The standard InChI is InChI=1S/C8H10F3N3O/c9-8(10,11)7-5(3-13-14-7)6-4-12-1-2-15-6/h3,6,12H,1-2,4H2,(H,13,14). The van der Waals surface area contributed by atoms with E-state index in [0.717, 1.165) is 0 Å². The van der Waals surface area contributed by atoms with Gasteiger partial charge in [-0.15, -0.1) is 0 Å². The molecule has 4 nitrogen and oxygen atoms in total. The van der Waals surface area contributed by atoms with Crippen LogP contribution in [0, 0.1) is 0 Å². The largest absolute Gasteiger partial charge is 0.433 e. The van der Waals surface area contributed by atoms with E-state index < -0.39 is 18.0 Å². The molecule has 0 aromatic carbocycles. The highest BCUT2D eigenvalue weighted by molar-refractivity contribution is 5.22. The van der Waals surface area contributed by atoms with Crippen LogP contribution in [0.4, 0.5) is 13.2 Å². The molecule has 2 rings (SSSR count). The number of hydrogen-bond donors (Lipinski definition) is 2. The maximum atomic E-state index is 12.5. The fraction of sp³-hybridized carbons (Fsp3) is 0.625. The molecule has 0 aliphatic carbocycles. The normalized spacial score (nSPS) is 23.0. The average Bonchev–Trinajstić information content (AvgIpc) is 2.67. The van der Waals surface area contributed by atoms with Gasteiger partial charge < -0.3 is 10.1 Å². The molecule has 1 fully saturated rings. The lowest BCUT2D eigenvalue weighted by Gasteiger charge is -2.23. The highest BCUT2D eigenvalue weighted by Crippen LogP contribution is 2.34. The van der Waals surface area contributed by atoms with Gasteiger partial charge in [-0.2, -0.15) is 18.3 Å².